The van der Waals surface area contributed by atoms with E-state index in [0.29, 0.717) is 17.2 Å². The third kappa shape index (κ3) is 4.60. The number of aryl methyl sites for hydroxylation is 1. The Labute approximate surface area is 203 Å². The molecule has 1 unspecified atom stereocenters. The molecule has 182 valence electrons. The van der Waals surface area contributed by atoms with Crippen molar-refractivity contribution >= 4 is 23.0 Å². The molecule has 4 bridgehead atoms. The Morgan fingerprint density at radius 2 is 1.36 bits per heavy atom. The molecule has 4 fully saturated rings. The summed E-state index contributed by atoms with van der Waals surface area (Å²) in [5.74, 6) is 3.52. The van der Waals surface area contributed by atoms with Crippen molar-refractivity contribution in [3.05, 3.63) is 29.8 Å². The molecule has 0 saturated carbocycles. The van der Waals surface area contributed by atoms with Crippen LogP contribution in [0.15, 0.2) is 29.2 Å². The first-order valence-electron chi connectivity index (χ1n) is 14.1. The van der Waals surface area contributed by atoms with Gasteiger partial charge in [0.15, 0.2) is 0 Å². The van der Waals surface area contributed by atoms with Gasteiger partial charge in [0.1, 0.15) is 6.71 Å². The van der Waals surface area contributed by atoms with Crippen molar-refractivity contribution in [2.75, 3.05) is 6.61 Å². The standard InChI is InChI=1S/C27H43B2O3S/c1-21-15-17-26(18-16-21)33(30,31)32-20-19-27(28-22-7-3-8-23(28)10-4-9-22)29(2)24-11-5-12-25(29)14-6-13-24/h15-18,22-25,27H,3-14,19-20H2,1-2H3/q-1. The fourth-order valence-corrected chi connectivity index (χ4v) is 10.5. The van der Waals surface area contributed by atoms with Crippen LogP contribution >= 0.6 is 0 Å². The maximum Gasteiger partial charge on any atom is 0.296 e. The van der Waals surface area contributed by atoms with Crippen molar-refractivity contribution in [1.82, 2.24) is 0 Å². The van der Waals surface area contributed by atoms with Crippen molar-refractivity contribution in [2.24, 2.45) is 0 Å². The monoisotopic (exact) mass is 469 g/mol. The van der Waals surface area contributed by atoms with E-state index in [-0.39, 0.29) is 0 Å². The van der Waals surface area contributed by atoms with Gasteiger partial charge >= 0.3 is 0 Å². The predicted molar refractivity (Wildman–Crippen MR) is 140 cm³/mol. The van der Waals surface area contributed by atoms with E-state index >= 15 is 0 Å². The summed E-state index contributed by atoms with van der Waals surface area (Å²) < 4.78 is 31.6. The Morgan fingerprint density at radius 1 is 0.879 bits per heavy atom. The molecule has 33 heavy (non-hydrogen) atoms. The van der Waals surface area contributed by atoms with E-state index in [1.807, 2.05) is 19.1 Å². The van der Waals surface area contributed by atoms with Crippen LogP contribution in [0.1, 0.15) is 89.0 Å². The lowest BCUT2D eigenvalue weighted by atomic mass is 8.96. The van der Waals surface area contributed by atoms with Crippen molar-refractivity contribution in [1.29, 1.82) is 0 Å². The van der Waals surface area contributed by atoms with Crippen LogP contribution in [0.25, 0.3) is 0 Å². The molecule has 3 nitrogen and oxygen atoms in total. The summed E-state index contributed by atoms with van der Waals surface area (Å²) in [5, 5.41) is 0. The minimum atomic E-state index is -3.68. The van der Waals surface area contributed by atoms with E-state index in [4.69, 9.17) is 4.18 Å². The van der Waals surface area contributed by atoms with Gasteiger partial charge in [-0.1, -0.05) is 113 Å². The molecule has 1 aromatic carbocycles. The van der Waals surface area contributed by atoms with Gasteiger partial charge < -0.3 is 0 Å². The van der Waals surface area contributed by atoms with E-state index in [1.54, 1.807) is 12.1 Å². The van der Waals surface area contributed by atoms with Crippen molar-refractivity contribution in [3.8, 4) is 0 Å². The number of hydrogen-bond acceptors (Lipinski definition) is 3. The Balaban J connectivity index is 1.39. The largest absolute Gasteiger partial charge is 0.296 e. The zero-order valence-corrected chi connectivity index (χ0v) is 21.7. The fourth-order valence-electron chi connectivity index (χ4n) is 9.62. The van der Waals surface area contributed by atoms with Gasteiger partial charge in [-0.15, -0.1) is 0 Å². The number of rotatable bonds is 7. The lowest BCUT2D eigenvalue weighted by Gasteiger charge is -2.65. The maximum atomic E-state index is 12.9. The summed E-state index contributed by atoms with van der Waals surface area (Å²) in [5.41, 5.74) is 1.74. The van der Waals surface area contributed by atoms with Gasteiger partial charge in [0.2, 0.25) is 0 Å². The van der Waals surface area contributed by atoms with Crippen LogP contribution in [0.3, 0.4) is 0 Å². The Morgan fingerprint density at radius 3 is 1.88 bits per heavy atom. The highest BCUT2D eigenvalue weighted by Crippen LogP contribution is 2.63. The molecule has 6 heteroatoms. The van der Waals surface area contributed by atoms with Gasteiger partial charge in [0.05, 0.1) is 11.5 Å². The Bertz CT molecular complexity index is 872. The van der Waals surface area contributed by atoms with Crippen LogP contribution in [0.5, 0.6) is 0 Å². The molecule has 1 atom stereocenters. The molecule has 5 rings (SSSR count). The molecular weight excluding hydrogens is 426 g/mol. The van der Waals surface area contributed by atoms with Crippen LogP contribution in [-0.2, 0) is 14.3 Å². The molecule has 0 spiro atoms. The SMILES string of the molecule is Cc1ccc(S(=O)(=O)OCCC(B2C3CCCC2CCC3)[B-]2(C)C3CCCC2CCC3)cc1. The van der Waals surface area contributed by atoms with Crippen molar-refractivity contribution in [3.63, 3.8) is 0 Å². The minimum Gasteiger partial charge on any atom is -0.267 e. The van der Waals surface area contributed by atoms with Crippen LogP contribution in [0, 0.1) is 6.92 Å². The van der Waals surface area contributed by atoms with Crippen LogP contribution in [-0.4, -0.2) is 27.9 Å². The quantitative estimate of drug-likeness (QED) is 0.302. The number of benzene rings is 1. The topological polar surface area (TPSA) is 43.4 Å². The summed E-state index contributed by atoms with van der Waals surface area (Å²) in [6.45, 7) is 5.83. The molecule has 4 aliphatic rings. The van der Waals surface area contributed by atoms with Gasteiger partial charge in [0, 0.05) is 6.15 Å². The van der Waals surface area contributed by atoms with E-state index in [9.17, 15) is 8.42 Å². The number of hydrogen-bond donors (Lipinski definition) is 0. The summed E-state index contributed by atoms with van der Waals surface area (Å²) in [6.07, 6.45) is 17.4. The molecule has 1 aromatic rings. The Kier molecular flexibility index (Phi) is 7.06. The first-order chi connectivity index (χ1) is 15.9. The van der Waals surface area contributed by atoms with Gasteiger partial charge in [-0.05, 0) is 19.1 Å². The summed E-state index contributed by atoms with van der Waals surface area (Å²) in [4.78, 5) is 0.297. The second kappa shape index (κ2) is 9.72. The van der Waals surface area contributed by atoms with Crippen molar-refractivity contribution < 1.29 is 12.6 Å². The molecule has 0 N–H and O–H groups in total. The Hall–Kier alpha value is -0.740. The average molecular weight is 469 g/mol. The van der Waals surface area contributed by atoms with Gasteiger partial charge in [0.25, 0.3) is 10.1 Å². The summed E-state index contributed by atoms with van der Waals surface area (Å²) in [6, 6.07) is 7.08. The van der Waals surface area contributed by atoms with Crippen LogP contribution in [0.2, 0.25) is 35.8 Å². The zero-order chi connectivity index (χ0) is 23.1. The van der Waals surface area contributed by atoms with Crippen molar-refractivity contribution in [2.45, 2.75) is 131 Å². The molecule has 4 heterocycles. The molecule has 0 radical (unpaired) electrons. The molecule has 0 aromatic heterocycles. The van der Waals surface area contributed by atoms with Crippen LogP contribution < -0.4 is 0 Å². The van der Waals surface area contributed by atoms with Crippen LogP contribution in [0.4, 0.5) is 0 Å². The lowest BCUT2D eigenvalue weighted by Crippen LogP contribution is -2.57. The zero-order valence-electron chi connectivity index (χ0n) is 20.9. The summed E-state index contributed by atoms with van der Waals surface area (Å²) in [7, 11) is -3.68. The first-order valence-corrected chi connectivity index (χ1v) is 15.5. The predicted octanol–water partition coefficient (Wildman–Crippen LogP) is 7.79. The highest BCUT2D eigenvalue weighted by molar-refractivity contribution is 7.86. The summed E-state index contributed by atoms with van der Waals surface area (Å²) >= 11 is 0. The smallest absolute Gasteiger partial charge is 0.267 e. The van der Waals surface area contributed by atoms with E-state index in [1.165, 1.54) is 77.0 Å². The molecule has 4 aliphatic heterocycles. The maximum absolute atomic E-state index is 12.9. The molecule has 4 saturated heterocycles. The minimum absolute atomic E-state index is 0.297. The van der Waals surface area contributed by atoms with Gasteiger partial charge in [-0.25, -0.2) is 0 Å². The lowest BCUT2D eigenvalue weighted by molar-refractivity contribution is 0.309. The average Bonchev–Trinajstić information content (AvgIpc) is 2.76. The normalized spacial score (nSPS) is 35.3. The van der Waals surface area contributed by atoms with E-state index in [0.717, 1.165) is 42.0 Å². The van der Waals surface area contributed by atoms with E-state index in [2.05, 4.69) is 6.82 Å². The second-order valence-corrected chi connectivity index (χ2v) is 14.1. The van der Waals surface area contributed by atoms with Gasteiger partial charge in [-0.2, -0.15) is 32.6 Å². The van der Waals surface area contributed by atoms with E-state index < -0.39 is 16.3 Å². The molecule has 0 amide bonds. The third-order valence-electron chi connectivity index (χ3n) is 11.1. The molecule has 0 aliphatic carbocycles. The second-order valence-electron chi connectivity index (χ2n) is 12.5. The highest BCUT2D eigenvalue weighted by atomic mass is 32.2. The highest BCUT2D eigenvalue weighted by Gasteiger charge is 2.52. The van der Waals surface area contributed by atoms with Gasteiger partial charge in [-0.3, -0.25) is 4.18 Å². The first kappa shape index (κ1) is 24.0. The third-order valence-corrected chi connectivity index (χ3v) is 12.5. The fraction of sp³-hybridized carbons (Fsp3) is 0.778. The molecular formula is C27H43B2O3S-. The number of fused-ring (bicyclic) bond motifs is 4.